The molecule has 17 heavy (non-hydrogen) atoms. The van der Waals surface area contributed by atoms with Crippen LogP contribution in [-0.2, 0) is 17.6 Å². The summed E-state index contributed by atoms with van der Waals surface area (Å²) in [5.74, 6) is 0.406. The molecular formula is C13H14N2OS. The molecule has 0 fully saturated rings. The van der Waals surface area contributed by atoms with Crippen molar-refractivity contribution in [3.8, 4) is 6.07 Å². The molecule has 1 unspecified atom stereocenters. The molecule has 1 aromatic heterocycles. The lowest BCUT2D eigenvalue weighted by molar-refractivity contribution is -0.111. The number of nitriles is 1. The molecular weight excluding hydrogens is 232 g/mol. The molecule has 0 saturated heterocycles. The van der Waals surface area contributed by atoms with E-state index in [-0.39, 0.29) is 5.91 Å². The number of fused-ring (bicyclic) bond motifs is 1. The van der Waals surface area contributed by atoms with Gasteiger partial charge in [-0.25, -0.2) is 0 Å². The molecule has 0 aliphatic heterocycles. The second-order valence-electron chi connectivity index (χ2n) is 4.36. The summed E-state index contributed by atoms with van der Waals surface area (Å²) >= 11 is 1.53. The van der Waals surface area contributed by atoms with Crippen molar-refractivity contribution in [2.75, 3.05) is 5.32 Å². The number of hydrogen-bond acceptors (Lipinski definition) is 3. The molecule has 4 heteroatoms. The highest BCUT2D eigenvalue weighted by molar-refractivity contribution is 7.16. The van der Waals surface area contributed by atoms with Crippen LogP contribution in [0.5, 0.6) is 0 Å². The van der Waals surface area contributed by atoms with E-state index >= 15 is 0 Å². The van der Waals surface area contributed by atoms with Crippen molar-refractivity contribution in [1.29, 1.82) is 5.26 Å². The Balaban J connectivity index is 2.38. The molecule has 0 spiro atoms. The summed E-state index contributed by atoms with van der Waals surface area (Å²) < 4.78 is 0. The van der Waals surface area contributed by atoms with E-state index in [9.17, 15) is 10.1 Å². The first-order valence-electron chi connectivity index (χ1n) is 5.63. The maximum Gasteiger partial charge on any atom is 0.248 e. The number of thiophene rings is 1. The Morgan fingerprint density at radius 2 is 2.47 bits per heavy atom. The second-order valence-corrected chi connectivity index (χ2v) is 5.47. The Kier molecular flexibility index (Phi) is 3.30. The van der Waals surface area contributed by atoms with Gasteiger partial charge in [-0.05, 0) is 36.8 Å². The topological polar surface area (TPSA) is 52.9 Å². The lowest BCUT2D eigenvalue weighted by Gasteiger charge is -2.17. The number of carbonyl (C=O) groups excluding carboxylic acids is 1. The van der Waals surface area contributed by atoms with Gasteiger partial charge in [-0.2, -0.15) is 5.26 Å². The summed E-state index contributed by atoms with van der Waals surface area (Å²) in [7, 11) is 0. The second kappa shape index (κ2) is 4.72. The van der Waals surface area contributed by atoms with Crippen molar-refractivity contribution in [2.24, 2.45) is 5.92 Å². The zero-order chi connectivity index (χ0) is 12.4. The minimum atomic E-state index is -0.256. The Labute approximate surface area is 105 Å². The molecule has 1 atom stereocenters. The first-order chi connectivity index (χ1) is 8.15. The monoisotopic (exact) mass is 246 g/mol. The number of anilines is 1. The maximum atomic E-state index is 11.3. The average molecular weight is 246 g/mol. The van der Waals surface area contributed by atoms with E-state index in [1.165, 1.54) is 22.3 Å². The van der Waals surface area contributed by atoms with Crippen molar-refractivity contribution in [1.82, 2.24) is 0 Å². The third kappa shape index (κ3) is 2.25. The summed E-state index contributed by atoms with van der Waals surface area (Å²) in [5, 5.41) is 12.6. The largest absolute Gasteiger partial charge is 0.313 e. The zero-order valence-electron chi connectivity index (χ0n) is 9.75. The van der Waals surface area contributed by atoms with Gasteiger partial charge in [0.2, 0.25) is 5.91 Å². The molecule has 2 rings (SSSR count). The van der Waals surface area contributed by atoms with Crippen LogP contribution in [0.15, 0.2) is 12.7 Å². The predicted octanol–water partition coefficient (Wildman–Crippen LogP) is 2.87. The Bertz CT molecular complexity index is 510. The highest BCUT2D eigenvalue weighted by Gasteiger charge is 2.24. The molecule has 0 aromatic carbocycles. The number of nitrogens with zero attached hydrogens (tertiary/aromatic N) is 1. The Morgan fingerprint density at radius 3 is 3.12 bits per heavy atom. The molecule has 0 radical (unpaired) electrons. The molecule has 0 saturated carbocycles. The van der Waals surface area contributed by atoms with E-state index in [1.54, 1.807) is 0 Å². The van der Waals surface area contributed by atoms with E-state index in [2.05, 4.69) is 24.9 Å². The third-order valence-corrected chi connectivity index (χ3v) is 4.22. The molecule has 1 N–H and O–H groups in total. The molecule has 3 nitrogen and oxygen atoms in total. The van der Waals surface area contributed by atoms with E-state index in [1.807, 2.05) is 0 Å². The molecule has 88 valence electrons. The SMILES string of the molecule is C=CC(=O)Nc1sc2c(c1C#N)CCC(C)C2. The van der Waals surface area contributed by atoms with Crippen LogP contribution in [0.1, 0.15) is 29.3 Å². The summed E-state index contributed by atoms with van der Waals surface area (Å²) in [6.07, 6.45) is 4.30. The molecule has 0 bridgehead atoms. The number of carbonyl (C=O) groups is 1. The summed E-state index contributed by atoms with van der Waals surface area (Å²) in [4.78, 5) is 12.5. The number of rotatable bonds is 2. The van der Waals surface area contributed by atoms with Crippen molar-refractivity contribution < 1.29 is 4.79 Å². The van der Waals surface area contributed by atoms with Crippen molar-refractivity contribution in [3.63, 3.8) is 0 Å². The number of amides is 1. The van der Waals surface area contributed by atoms with Crippen LogP contribution in [0.4, 0.5) is 5.00 Å². The molecule has 1 aliphatic rings. The van der Waals surface area contributed by atoms with Gasteiger partial charge in [-0.15, -0.1) is 11.3 Å². The van der Waals surface area contributed by atoms with E-state index < -0.39 is 0 Å². The third-order valence-electron chi connectivity index (χ3n) is 3.05. The van der Waals surface area contributed by atoms with Gasteiger partial charge in [0.1, 0.15) is 11.1 Å². The van der Waals surface area contributed by atoms with Gasteiger partial charge in [0.05, 0.1) is 5.56 Å². The fourth-order valence-corrected chi connectivity index (χ4v) is 3.48. The van der Waals surface area contributed by atoms with Gasteiger partial charge in [-0.3, -0.25) is 4.79 Å². The molecule has 1 amide bonds. The van der Waals surface area contributed by atoms with Gasteiger partial charge in [0.15, 0.2) is 0 Å². The van der Waals surface area contributed by atoms with Gasteiger partial charge in [0.25, 0.3) is 0 Å². The van der Waals surface area contributed by atoms with Crippen LogP contribution in [0.2, 0.25) is 0 Å². The van der Waals surface area contributed by atoms with Crippen LogP contribution < -0.4 is 5.32 Å². The van der Waals surface area contributed by atoms with Crippen LogP contribution in [0.3, 0.4) is 0 Å². The quantitative estimate of drug-likeness (QED) is 0.816. The number of hydrogen-bond donors (Lipinski definition) is 1. The van der Waals surface area contributed by atoms with Crippen molar-refractivity contribution >= 4 is 22.2 Å². The summed E-state index contributed by atoms with van der Waals surface area (Å²) in [6, 6.07) is 2.21. The molecule has 1 heterocycles. The van der Waals surface area contributed by atoms with E-state index in [0.717, 1.165) is 24.8 Å². The normalized spacial score (nSPS) is 18.0. The summed E-state index contributed by atoms with van der Waals surface area (Å²) in [6.45, 7) is 5.63. The highest BCUT2D eigenvalue weighted by atomic mass is 32.1. The van der Waals surface area contributed by atoms with Gasteiger partial charge in [-0.1, -0.05) is 13.5 Å². The molecule has 1 aromatic rings. The van der Waals surface area contributed by atoms with Gasteiger partial charge in [0, 0.05) is 4.88 Å². The van der Waals surface area contributed by atoms with Crippen LogP contribution in [0, 0.1) is 17.2 Å². The van der Waals surface area contributed by atoms with Gasteiger partial charge < -0.3 is 5.32 Å². The lowest BCUT2D eigenvalue weighted by Crippen LogP contribution is -2.09. The highest BCUT2D eigenvalue weighted by Crippen LogP contribution is 2.39. The lowest BCUT2D eigenvalue weighted by atomic mass is 9.89. The predicted molar refractivity (Wildman–Crippen MR) is 69.0 cm³/mol. The van der Waals surface area contributed by atoms with Crippen LogP contribution >= 0.6 is 11.3 Å². The maximum absolute atomic E-state index is 11.3. The average Bonchev–Trinajstić information content (AvgIpc) is 2.64. The van der Waals surface area contributed by atoms with Crippen LogP contribution in [-0.4, -0.2) is 5.91 Å². The Morgan fingerprint density at radius 1 is 1.71 bits per heavy atom. The minimum absolute atomic E-state index is 0.256. The summed E-state index contributed by atoms with van der Waals surface area (Å²) in [5.41, 5.74) is 1.78. The Hall–Kier alpha value is -1.60. The number of nitrogens with one attached hydrogen (secondary N) is 1. The smallest absolute Gasteiger partial charge is 0.248 e. The van der Waals surface area contributed by atoms with Crippen molar-refractivity contribution in [2.45, 2.75) is 26.2 Å². The van der Waals surface area contributed by atoms with Gasteiger partial charge >= 0.3 is 0 Å². The van der Waals surface area contributed by atoms with Crippen molar-refractivity contribution in [3.05, 3.63) is 28.7 Å². The first kappa shape index (κ1) is 11.9. The molecule has 1 aliphatic carbocycles. The van der Waals surface area contributed by atoms with E-state index in [0.29, 0.717) is 16.5 Å². The van der Waals surface area contributed by atoms with E-state index in [4.69, 9.17) is 0 Å². The minimum Gasteiger partial charge on any atom is -0.313 e. The van der Waals surface area contributed by atoms with Crippen LogP contribution in [0.25, 0.3) is 0 Å². The zero-order valence-corrected chi connectivity index (χ0v) is 10.6. The fourth-order valence-electron chi connectivity index (χ4n) is 2.12. The fraction of sp³-hybridized carbons (Fsp3) is 0.385. The first-order valence-corrected chi connectivity index (χ1v) is 6.45. The standard InChI is InChI=1S/C13H14N2OS/c1-3-12(16)15-13-10(7-14)9-5-4-8(2)6-11(9)17-13/h3,8H,1,4-6H2,2H3,(H,15,16).